The van der Waals surface area contributed by atoms with Crippen molar-refractivity contribution in [3.05, 3.63) is 0 Å². The standard InChI is InChI=1S/C13H22N2O4/c16-8-5-11-3-1-2-6-15(11)13(19)14-7-4-10(9-14)12(17)18/h10-11,16H,1-9H2,(H,17,18). The van der Waals surface area contributed by atoms with Crippen molar-refractivity contribution < 1.29 is 19.8 Å². The summed E-state index contributed by atoms with van der Waals surface area (Å²) in [5, 5.41) is 18.0. The highest BCUT2D eigenvalue weighted by atomic mass is 16.4. The van der Waals surface area contributed by atoms with Gasteiger partial charge in [0.25, 0.3) is 0 Å². The van der Waals surface area contributed by atoms with E-state index in [0.29, 0.717) is 25.9 Å². The highest BCUT2D eigenvalue weighted by Crippen LogP contribution is 2.24. The van der Waals surface area contributed by atoms with Gasteiger partial charge in [-0.25, -0.2) is 4.79 Å². The normalized spacial score (nSPS) is 27.6. The van der Waals surface area contributed by atoms with Crippen LogP contribution in [0.1, 0.15) is 32.1 Å². The lowest BCUT2D eigenvalue weighted by Crippen LogP contribution is -2.50. The van der Waals surface area contributed by atoms with Gasteiger partial charge in [-0.1, -0.05) is 0 Å². The Balaban J connectivity index is 1.96. The Morgan fingerprint density at radius 3 is 2.58 bits per heavy atom. The molecule has 0 aromatic heterocycles. The Bertz CT molecular complexity index is 346. The first-order valence-corrected chi connectivity index (χ1v) is 7.02. The fourth-order valence-corrected chi connectivity index (χ4v) is 3.02. The maximum atomic E-state index is 12.4. The summed E-state index contributed by atoms with van der Waals surface area (Å²) < 4.78 is 0. The number of amides is 2. The fraction of sp³-hybridized carbons (Fsp3) is 0.846. The first-order chi connectivity index (χ1) is 9.13. The van der Waals surface area contributed by atoms with Crippen molar-refractivity contribution in [3.8, 4) is 0 Å². The number of aliphatic carboxylic acids is 1. The molecule has 2 N–H and O–H groups in total. The molecule has 0 aromatic rings. The minimum atomic E-state index is -0.819. The molecule has 2 aliphatic heterocycles. The van der Waals surface area contributed by atoms with E-state index in [2.05, 4.69) is 0 Å². The molecule has 2 saturated heterocycles. The SMILES string of the molecule is O=C(O)C1CCN(C(=O)N2CCCCC2CCO)C1. The van der Waals surface area contributed by atoms with Gasteiger partial charge in [-0.05, 0) is 32.1 Å². The molecule has 6 nitrogen and oxygen atoms in total. The molecule has 19 heavy (non-hydrogen) atoms. The largest absolute Gasteiger partial charge is 0.481 e. The quantitative estimate of drug-likeness (QED) is 0.793. The molecule has 2 amide bonds. The van der Waals surface area contributed by atoms with Crippen molar-refractivity contribution in [1.29, 1.82) is 0 Å². The van der Waals surface area contributed by atoms with E-state index in [0.717, 1.165) is 25.8 Å². The van der Waals surface area contributed by atoms with Gasteiger partial charge >= 0.3 is 12.0 Å². The Labute approximate surface area is 113 Å². The first-order valence-electron chi connectivity index (χ1n) is 7.02. The third-order valence-electron chi connectivity index (χ3n) is 4.14. The number of piperidine rings is 1. The molecule has 2 heterocycles. The van der Waals surface area contributed by atoms with E-state index >= 15 is 0 Å². The maximum absolute atomic E-state index is 12.4. The number of carbonyl (C=O) groups is 2. The molecule has 108 valence electrons. The minimum Gasteiger partial charge on any atom is -0.481 e. The summed E-state index contributed by atoms with van der Waals surface area (Å²) in [6.07, 6.45) is 4.17. The summed E-state index contributed by atoms with van der Waals surface area (Å²) in [5.74, 6) is -1.24. The van der Waals surface area contributed by atoms with Gasteiger partial charge in [-0.15, -0.1) is 0 Å². The number of likely N-dealkylation sites (tertiary alicyclic amines) is 2. The number of nitrogens with zero attached hydrogens (tertiary/aromatic N) is 2. The predicted molar refractivity (Wildman–Crippen MR) is 68.8 cm³/mol. The number of aliphatic hydroxyl groups excluding tert-OH is 1. The van der Waals surface area contributed by atoms with Crippen molar-refractivity contribution in [2.24, 2.45) is 5.92 Å². The van der Waals surface area contributed by atoms with Gasteiger partial charge in [0.2, 0.25) is 0 Å². The molecule has 2 atom stereocenters. The molecule has 2 aliphatic rings. The molecule has 0 radical (unpaired) electrons. The number of carboxylic acids is 1. The van der Waals surface area contributed by atoms with Gasteiger partial charge in [0.05, 0.1) is 5.92 Å². The predicted octanol–water partition coefficient (Wildman–Crippen LogP) is 0.750. The number of hydrogen-bond acceptors (Lipinski definition) is 3. The van der Waals surface area contributed by atoms with Crippen LogP contribution < -0.4 is 0 Å². The van der Waals surface area contributed by atoms with Crippen LogP contribution in [-0.4, -0.2) is 64.3 Å². The summed E-state index contributed by atoms with van der Waals surface area (Å²) in [7, 11) is 0. The topological polar surface area (TPSA) is 81.1 Å². The van der Waals surface area contributed by atoms with Crippen molar-refractivity contribution in [2.45, 2.75) is 38.1 Å². The lowest BCUT2D eigenvalue weighted by Gasteiger charge is -2.38. The van der Waals surface area contributed by atoms with Crippen LogP contribution in [0.2, 0.25) is 0 Å². The molecule has 2 unspecified atom stereocenters. The van der Waals surface area contributed by atoms with E-state index in [1.807, 2.05) is 4.90 Å². The minimum absolute atomic E-state index is 0.0538. The van der Waals surface area contributed by atoms with Gasteiger partial charge in [-0.3, -0.25) is 4.79 Å². The molecule has 0 aromatic carbocycles. The lowest BCUT2D eigenvalue weighted by molar-refractivity contribution is -0.141. The third-order valence-corrected chi connectivity index (χ3v) is 4.14. The zero-order valence-electron chi connectivity index (χ0n) is 11.1. The molecule has 0 spiro atoms. The summed E-state index contributed by atoms with van der Waals surface area (Å²) in [4.78, 5) is 26.8. The fourth-order valence-electron chi connectivity index (χ4n) is 3.02. The zero-order valence-corrected chi connectivity index (χ0v) is 11.1. The summed E-state index contributed by atoms with van der Waals surface area (Å²) in [6.45, 7) is 1.65. The van der Waals surface area contributed by atoms with Crippen LogP contribution in [0.25, 0.3) is 0 Å². The van der Waals surface area contributed by atoms with E-state index in [-0.39, 0.29) is 18.7 Å². The number of rotatable bonds is 3. The van der Waals surface area contributed by atoms with Crippen LogP contribution in [-0.2, 0) is 4.79 Å². The van der Waals surface area contributed by atoms with E-state index in [4.69, 9.17) is 10.2 Å². The van der Waals surface area contributed by atoms with Crippen LogP contribution in [0.3, 0.4) is 0 Å². The number of carbonyl (C=O) groups excluding carboxylic acids is 1. The molecule has 2 fully saturated rings. The number of aliphatic hydroxyl groups is 1. The van der Waals surface area contributed by atoms with Crippen LogP contribution >= 0.6 is 0 Å². The second-order valence-corrected chi connectivity index (χ2v) is 5.41. The summed E-state index contributed by atoms with van der Waals surface area (Å²) in [6, 6.07) is 0.0528. The van der Waals surface area contributed by atoms with Gasteiger partial charge in [0.1, 0.15) is 0 Å². The average Bonchev–Trinajstić information content (AvgIpc) is 2.89. The van der Waals surface area contributed by atoms with Gasteiger partial charge in [0, 0.05) is 32.3 Å². The van der Waals surface area contributed by atoms with Crippen molar-refractivity contribution in [3.63, 3.8) is 0 Å². The highest BCUT2D eigenvalue weighted by molar-refractivity contribution is 5.77. The van der Waals surface area contributed by atoms with Gasteiger partial charge in [0.15, 0.2) is 0 Å². The van der Waals surface area contributed by atoms with Crippen LogP contribution in [0.5, 0.6) is 0 Å². The average molecular weight is 270 g/mol. The van der Waals surface area contributed by atoms with Crippen LogP contribution in [0, 0.1) is 5.92 Å². The van der Waals surface area contributed by atoms with E-state index in [1.165, 1.54) is 0 Å². The molecule has 0 bridgehead atoms. The number of carboxylic acid groups (broad SMARTS) is 1. The Morgan fingerprint density at radius 2 is 1.95 bits per heavy atom. The molecule has 2 rings (SSSR count). The Kier molecular flexibility index (Phi) is 4.63. The summed E-state index contributed by atoms with van der Waals surface area (Å²) >= 11 is 0. The first kappa shape index (κ1) is 14.1. The van der Waals surface area contributed by atoms with E-state index in [1.54, 1.807) is 4.90 Å². The van der Waals surface area contributed by atoms with Crippen molar-refractivity contribution >= 4 is 12.0 Å². The summed E-state index contributed by atoms with van der Waals surface area (Å²) in [5.41, 5.74) is 0. The molecular formula is C13H22N2O4. The second kappa shape index (κ2) is 6.23. The third kappa shape index (κ3) is 3.18. The maximum Gasteiger partial charge on any atom is 0.320 e. The van der Waals surface area contributed by atoms with E-state index < -0.39 is 11.9 Å². The second-order valence-electron chi connectivity index (χ2n) is 5.41. The molecule has 6 heteroatoms. The monoisotopic (exact) mass is 270 g/mol. The zero-order chi connectivity index (χ0) is 13.8. The van der Waals surface area contributed by atoms with Crippen molar-refractivity contribution in [2.75, 3.05) is 26.2 Å². The smallest absolute Gasteiger partial charge is 0.320 e. The van der Waals surface area contributed by atoms with Crippen molar-refractivity contribution in [1.82, 2.24) is 9.80 Å². The molecule has 0 aliphatic carbocycles. The highest BCUT2D eigenvalue weighted by Gasteiger charge is 2.35. The van der Waals surface area contributed by atoms with Gasteiger partial charge < -0.3 is 20.0 Å². The molecular weight excluding hydrogens is 248 g/mol. The number of hydrogen-bond donors (Lipinski definition) is 2. The Hall–Kier alpha value is -1.30. The van der Waals surface area contributed by atoms with Crippen LogP contribution in [0.4, 0.5) is 4.79 Å². The Morgan fingerprint density at radius 1 is 1.16 bits per heavy atom. The van der Waals surface area contributed by atoms with Crippen LogP contribution in [0.15, 0.2) is 0 Å². The molecule has 0 saturated carbocycles. The lowest BCUT2D eigenvalue weighted by atomic mass is 10.00. The number of urea groups is 1. The van der Waals surface area contributed by atoms with E-state index in [9.17, 15) is 9.59 Å². The van der Waals surface area contributed by atoms with Gasteiger partial charge in [-0.2, -0.15) is 0 Å².